The summed E-state index contributed by atoms with van der Waals surface area (Å²) in [6.07, 6.45) is 1.97. The maximum Gasteiger partial charge on any atom is 0.362 e. The molecule has 0 aromatic carbocycles. The average molecular weight is 236 g/mol. The van der Waals surface area contributed by atoms with Crippen LogP contribution in [0.15, 0.2) is 0 Å². The molecule has 3 N–H and O–H groups in total. The van der Waals surface area contributed by atoms with Gasteiger partial charge in [0.1, 0.15) is 11.8 Å². The molecule has 6 heteroatoms. The van der Waals surface area contributed by atoms with E-state index in [1.165, 1.54) is 0 Å². The summed E-state index contributed by atoms with van der Waals surface area (Å²) in [4.78, 5) is 10.9. The molecule has 2 atom stereocenters. The second-order valence-corrected chi connectivity index (χ2v) is 6.32. The molecular formula is C9H18NO4S+. The SMILES string of the molecule is CCCC([NH2+]C1CCS(=O)(=O)C1)C(=O)O. The van der Waals surface area contributed by atoms with Crippen molar-refractivity contribution in [2.75, 3.05) is 11.5 Å². The first-order chi connectivity index (χ1) is 6.94. The van der Waals surface area contributed by atoms with Crippen LogP contribution in [-0.4, -0.2) is 43.1 Å². The Balaban J connectivity index is 2.49. The molecule has 2 unspecified atom stereocenters. The molecule has 0 aromatic rings. The third-order valence-electron chi connectivity index (χ3n) is 2.69. The van der Waals surface area contributed by atoms with Crippen molar-refractivity contribution in [1.82, 2.24) is 0 Å². The molecule has 1 fully saturated rings. The molecule has 0 spiro atoms. The molecule has 1 aliphatic heterocycles. The maximum absolute atomic E-state index is 11.2. The number of carboxylic acids is 1. The molecule has 1 heterocycles. The van der Waals surface area contributed by atoms with Crippen LogP contribution in [0.3, 0.4) is 0 Å². The fourth-order valence-corrected chi connectivity index (χ4v) is 3.68. The first-order valence-electron chi connectivity index (χ1n) is 5.23. The van der Waals surface area contributed by atoms with E-state index in [0.29, 0.717) is 12.8 Å². The van der Waals surface area contributed by atoms with Gasteiger partial charge in [0.05, 0.1) is 5.75 Å². The Hall–Kier alpha value is -0.620. The number of sulfone groups is 1. The Kier molecular flexibility index (Phi) is 4.10. The molecule has 0 saturated carbocycles. The number of aliphatic carboxylic acids is 1. The van der Waals surface area contributed by atoms with E-state index in [9.17, 15) is 13.2 Å². The van der Waals surface area contributed by atoms with Crippen LogP contribution in [0.4, 0.5) is 0 Å². The van der Waals surface area contributed by atoms with Crippen molar-refractivity contribution in [2.45, 2.75) is 38.3 Å². The van der Waals surface area contributed by atoms with Crippen LogP contribution >= 0.6 is 0 Å². The maximum atomic E-state index is 11.2. The van der Waals surface area contributed by atoms with Crippen LogP contribution in [0.1, 0.15) is 26.2 Å². The minimum Gasteiger partial charge on any atom is -0.477 e. The van der Waals surface area contributed by atoms with Crippen LogP contribution in [-0.2, 0) is 14.6 Å². The molecule has 88 valence electrons. The first-order valence-corrected chi connectivity index (χ1v) is 7.05. The standard InChI is InChI=1S/C9H17NO4S/c1-2-3-8(9(11)12)10-7-4-5-15(13,14)6-7/h7-8,10H,2-6H2,1H3,(H,11,12)/p+1. The summed E-state index contributed by atoms with van der Waals surface area (Å²) in [5.41, 5.74) is 0. The number of carbonyl (C=O) groups is 1. The molecule has 0 aromatic heterocycles. The highest BCUT2D eigenvalue weighted by Gasteiger charge is 2.34. The van der Waals surface area contributed by atoms with Gasteiger partial charge in [-0.2, -0.15) is 0 Å². The van der Waals surface area contributed by atoms with Crippen molar-refractivity contribution < 1.29 is 23.6 Å². The Morgan fingerprint density at radius 1 is 1.60 bits per heavy atom. The van der Waals surface area contributed by atoms with Gasteiger partial charge in [0, 0.05) is 12.8 Å². The quantitative estimate of drug-likeness (QED) is 0.640. The zero-order valence-corrected chi connectivity index (χ0v) is 9.66. The summed E-state index contributed by atoms with van der Waals surface area (Å²) in [7, 11) is -2.91. The smallest absolute Gasteiger partial charge is 0.362 e. The Morgan fingerprint density at radius 2 is 2.27 bits per heavy atom. The summed E-state index contributed by atoms with van der Waals surface area (Å²) >= 11 is 0. The van der Waals surface area contributed by atoms with Crippen LogP contribution < -0.4 is 5.32 Å². The predicted octanol–water partition coefficient (Wildman–Crippen LogP) is -1.01. The third-order valence-corrected chi connectivity index (χ3v) is 4.48. The van der Waals surface area contributed by atoms with Gasteiger partial charge in [-0.15, -0.1) is 0 Å². The number of carboxylic acid groups (broad SMARTS) is 1. The van der Waals surface area contributed by atoms with Gasteiger partial charge >= 0.3 is 5.97 Å². The van der Waals surface area contributed by atoms with Crippen molar-refractivity contribution in [3.63, 3.8) is 0 Å². The van der Waals surface area contributed by atoms with Gasteiger partial charge in [-0.1, -0.05) is 6.92 Å². The average Bonchev–Trinajstić information content (AvgIpc) is 2.44. The number of hydrogen-bond acceptors (Lipinski definition) is 3. The van der Waals surface area contributed by atoms with Crippen molar-refractivity contribution in [3.8, 4) is 0 Å². The molecule has 0 bridgehead atoms. The van der Waals surface area contributed by atoms with Gasteiger partial charge in [0.15, 0.2) is 15.9 Å². The predicted molar refractivity (Wildman–Crippen MR) is 55.3 cm³/mol. The molecule has 1 rings (SSSR count). The van der Waals surface area contributed by atoms with Crippen LogP contribution in [0.25, 0.3) is 0 Å². The minimum atomic E-state index is -2.91. The zero-order chi connectivity index (χ0) is 11.5. The third kappa shape index (κ3) is 3.79. The molecule has 0 radical (unpaired) electrons. The Morgan fingerprint density at radius 3 is 2.67 bits per heavy atom. The van der Waals surface area contributed by atoms with Crippen molar-refractivity contribution in [1.29, 1.82) is 0 Å². The Bertz CT molecular complexity index is 325. The van der Waals surface area contributed by atoms with Gasteiger partial charge < -0.3 is 10.4 Å². The lowest BCUT2D eigenvalue weighted by molar-refractivity contribution is -0.706. The lowest BCUT2D eigenvalue weighted by Gasteiger charge is -2.14. The number of hydrogen-bond donors (Lipinski definition) is 2. The number of rotatable bonds is 5. The highest BCUT2D eigenvalue weighted by molar-refractivity contribution is 7.91. The van der Waals surface area contributed by atoms with Gasteiger partial charge in [0.2, 0.25) is 0 Å². The lowest BCUT2D eigenvalue weighted by atomic mass is 10.1. The summed E-state index contributed by atoms with van der Waals surface area (Å²) in [6, 6.07) is -0.559. The van der Waals surface area contributed by atoms with Crippen molar-refractivity contribution in [2.24, 2.45) is 0 Å². The van der Waals surface area contributed by atoms with E-state index in [1.54, 1.807) is 5.32 Å². The molecular weight excluding hydrogens is 218 g/mol. The molecule has 1 saturated heterocycles. The molecule has 15 heavy (non-hydrogen) atoms. The first kappa shape index (κ1) is 12.4. The highest BCUT2D eigenvalue weighted by atomic mass is 32.2. The molecule has 0 amide bonds. The van der Waals surface area contributed by atoms with Crippen LogP contribution in [0.2, 0.25) is 0 Å². The van der Waals surface area contributed by atoms with Gasteiger partial charge in [-0.3, -0.25) is 0 Å². The van der Waals surface area contributed by atoms with Gasteiger partial charge in [-0.05, 0) is 6.42 Å². The van der Waals surface area contributed by atoms with Crippen molar-refractivity contribution in [3.05, 3.63) is 0 Å². The second-order valence-electron chi connectivity index (χ2n) is 4.09. The fourth-order valence-electron chi connectivity index (χ4n) is 1.92. The molecule has 0 aliphatic carbocycles. The second kappa shape index (κ2) is 4.94. The van der Waals surface area contributed by atoms with Crippen molar-refractivity contribution >= 4 is 15.8 Å². The summed E-state index contributed by atoms with van der Waals surface area (Å²) in [5, 5.41) is 10.6. The fraction of sp³-hybridized carbons (Fsp3) is 0.889. The van der Waals surface area contributed by atoms with E-state index in [4.69, 9.17) is 5.11 Å². The monoisotopic (exact) mass is 236 g/mol. The van der Waals surface area contributed by atoms with Crippen LogP contribution in [0, 0.1) is 0 Å². The van der Waals surface area contributed by atoms with E-state index in [-0.39, 0.29) is 17.5 Å². The zero-order valence-electron chi connectivity index (χ0n) is 8.85. The lowest BCUT2D eigenvalue weighted by Crippen LogP contribution is -2.97. The minimum absolute atomic E-state index is 0.0670. The van der Waals surface area contributed by atoms with Gasteiger partial charge in [-0.25, -0.2) is 13.2 Å². The van der Waals surface area contributed by atoms with Crippen LogP contribution in [0.5, 0.6) is 0 Å². The normalized spacial score (nSPS) is 26.3. The highest BCUT2D eigenvalue weighted by Crippen LogP contribution is 2.08. The topological polar surface area (TPSA) is 88.0 Å². The number of quaternary nitrogens is 1. The molecule has 1 aliphatic rings. The number of nitrogens with two attached hydrogens (primary N) is 1. The van der Waals surface area contributed by atoms with E-state index < -0.39 is 21.8 Å². The van der Waals surface area contributed by atoms with E-state index >= 15 is 0 Å². The van der Waals surface area contributed by atoms with E-state index in [0.717, 1.165) is 6.42 Å². The van der Waals surface area contributed by atoms with Gasteiger partial charge in [0.25, 0.3) is 0 Å². The summed E-state index contributed by atoms with van der Waals surface area (Å²) in [6.45, 7) is 1.93. The molecule has 5 nitrogen and oxygen atoms in total. The largest absolute Gasteiger partial charge is 0.477 e. The van der Waals surface area contributed by atoms with E-state index in [2.05, 4.69) is 0 Å². The Labute approximate surface area is 89.8 Å². The van der Waals surface area contributed by atoms with E-state index in [1.807, 2.05) is 6.92 Å². The summed E-state index contributed by atoms with van der Waals surface area (Å²) in [5.74, 6) is -0.520. The summed E-state index contributed by atoms with van der Waals surface area (Å²) < 4.78 is 22.4.